The number of hydrogen-bond donors (Lipinski definition) is 0. The van der Waals surface area contributed by atoms with Crippen LogP contribution in [0.3, 0.4) is 0 Å². The number of rotatable bonds is 2. The summed E-state index contributed by atoms with van der Waals surface area (Å²) in [5.74, 6) is 0.793. The Hall–Kier alpha value is -1.18. The lowest BCUT2D eigenvalue weighted by Gasteiger charge is -2.34. The van der Waals surface area contributed by atoms with Crippen LogP contribution in [0.25, 0.3) is 0 Å². The molecule has 0 amide bonds. The van der Waals surface area contributed by atoms with Crippen LogP contribution in [0.5, 0.6) is 0 Å². The van der Waals surface area contributed by atoms with Crippen LogP contribution in [-0.2, 0) is 14.0 Å². The van der Waals surface area contributed by atoms with E-state index in [2.05, 4.69) is 14.9 Å². The number of ether oxygens (including phenoxy) is 1. The molecule has 6 nitrogen and oxygen atoms in total. The molecule has 3 saturated heterocycles. The largest absolute Gasteiger partial charge is 0.498 e. The summed E-state index contributed by atoms with van der Waals surface area (Å²) in [4.78, 5) is 11.5. The van der Waals surface area contributed by atoms with Crippen molar-refractivity contribution in [3.63, 3.8) is 0 Å². The summed E-state index contributed by atoms with van der Waals surface area (Å²) in [5.41, 5.74) is 0.173. The van der Waals surface area contributed by atoms with Crippen LogP contribution in [0.4, 0.5) is 5.95 Å². The second-order valence-electron chi connectivity index (χ2n) is 7.73. The van der Waals surface area contributed by atoms with Crippen LogP contribution < -0.4 is 10.4 Å². The number of morpholine rings is 1. The fraction of sp³-hybridized carbons (Fsp3) is 0.750. The zero-order valence-corrected chi connectivity index (χ0v) is 14.3. The van der Waals surface area contributed by atoms with Gasteiger partial charge in [-0.3, -0.25) is 0 Å². The highest BCUT2D eigenvalue weighted by Gasteiger charge is 2.52. The van der Waals surface area contributed by atoms with Crippen LogP contribution in [0.2, 0.25) is 0 Å². The molecule has 3 aliphatic rings. The highest BCUT2D eigenvalue weighted by molar-refractivity contribution is 6.61. The number of fused-ring (bicyclic) bond motifs is 2. The summed E-state index contributed by atoms with van der Waals surface area (Å²) in [5, 5.41) is 0. The predicted octanol–water partition coefficient (Wildman–Crippen LogP) is 1.14. The molecule has 0 radical (unpaired) electrons. The summed E-state index contributed by atoms with van der Waals surface area (Å²) in [6, 6.07) is 0.827. The van der Waals surface area contributed by atoms with E-state index in [0.717, 1.165) is 37.5 Å². The summed E-state index contributed by atoms with van der Waals surface area (Å²) in [6.07, 6.45) is 5.98. The van der Waals surface area contributed by atoms with Gasteiger partial charge >= 0.3 is 7.12 Å². The second kappa shape index (κ2) is 5.16. The van der Waals surface area contributed by atoms with E-state index in [9.17, 15) is 0 Å². The Kier molecular flexibility index (Phi) is 3.45. The van der Waals surface area contributed by atoms with Crippen LogP contribution in [0.15, 0.2) is 12.4 Å². The first-order valence-corrected chi connectivity index (χ1v) is 8.41. The molecule has 0 spiro atoms. The Bertz CT molecular complexity index is 561. The highest BCUT2D eigenvalue weighted by Crippen LogP contribution is 2.36. The molecule has 7 heteroatoms. The first-order chi connectivity index (χ1) is 10.9. The Labute approximate surface area is 137 Å². The normalized spacial score (nSPS) is 31.7. The predicted molar refractivity (Wildman–Crippen MR) is 87.9 cm³/mol. The van der Waals surface area contributed by atoms with Gasteiger partial charge in [-0.1, -0.05) is 0 Å². The van der Waals surface area contributed by atoms with Gasteiger partial charge in [0.1, 0.15) is 0 Å². The van der Waals surface area contributed by atoms with Crippen molar-refractivity contribution in [1.29, 1.82) is 0 Å². The maximum Gasteiger partial charge on any atom is 0.498 e. The van der Waals surface area contributed by atoms with E-state index in [1.165, 1.54) is 0 Å². The van der Waals surface area contributed by atoms with Crippen molar-refractivity contribution in [2.45, 2.75) is 63.8 Å². The van der Waals surface area contributed by atoms with Crippen LogP contribution >= 0.6 is 0 Å². The Morgan fingerprint density at radius 3 is 2.04 bits per heavy atom. The van der Waals surface area contributed by atoms with Crippen molar-refractivity contribution in [3.8, 4) is 0 Å². The summed E-state index contributed by atoms with van der Waals surface area (Å²) >= 11 is 0. The lowest BCUT2D eigenvalue weighted by molar-refractivity contribution is 0.00578. The number of hydrogen-bond acceptors (Lipinski definition) is 6. The van der Waals surface area contributed by atoms with Crippen molar-refractivity contribution < 1.29 is 14.0 Å². The van der Waals surface area contributed by atoms with Gasteiger partial charge in [-0.25, -0.2) is 9.97 Å². The smallest absolute Gasteiger partial charge is 0.399 e. The molecule has 0 N–H and O–H groups in total. The van der Waals surface area contributed by atoms with E-state index in [0.29, 0.717) is 12.1 Å². The Morgan fingerprint density at radius 1 is 1.00 bits per heavy atom. The molecular formula is C16H24BN3O3. The van der Waals surface area contributed by atoms with Crippen LogP contribution in [0, 0.1) is 0 Å². The third-order valence-corrected chi connectivity index (χ3v) is 5.65. The molecular weight excluding hydrogens is 293 g/mol. The van der Waals surface area contributed by atoms with Gasteiger partial charge in [0.25, 0.3) is 0 Å². The zero-order chi connectivity index (χ0) is 16.2. The Balaban J connectivity index is 1.53. The molecule has 0 aromatic carbocycles. The van der Waals surface area contributed by atoms with Gasteiger partial charge in [0.05, 0.1) is 36.5 Å². The first-order valence-electron chi connectivity index (χ1n) is 8.41. The molecule has 4 heterocycles. The average Bonchev–Trinajstić information content (AvgIpc) is 2.87. The number of nitrogens with zero attached hydrogens (tertiary/aromatic N) is 3. The van der Waals surface area contributed by atoms with E-state index in [1.807, 2.05) is 40.1 Å². The van der Waals surface area contributed by atoms with E-state index in [1.54, 1.807) is 0 Å². The second-order valence-corrected chi connectivity index (χ2v) is 7.73. The molecule has 4 rings (SSSR count). The molecule has 23 heavy (non-hydrogen) atoms. The fourth-order valence-electron chi connectivity index (χ4n) is 3.52. The van der Waals surface area contributed by atoms with Crippen molar-refractivity contribution in [2.75, 3.05) is 18.1 Å². The SMILES string of the molecule is CC1(C)OB(c2cnc(N3[C@@H]4CC[C@H]3COC4)nc2)OC1(C)C. The summed E-state index contributed by atoms with van der Waals surface area (Å²) in [6.45, 7) is 9.75. The summed E-state index contributed by atoms with van der Waals surface area (Å²) in [7, 11) is -0.407. The van der Waals surface area contributed by atoms with Gasteiger partial charge in [-0.15, -0.1) is 0 Å². The molecule has 2 bridgehead atoms. The van der Waals surface area contributed by atoms with Gasteiger partial charge in [-0.05, 0) is 40.5 Å². The molecule has 0 unspecified atom stereocenters. The van der Waals surface area contributed by atoms with Gasteiger partial charge in [0.2, 0.25) is 5.95 Å². The molecule has 1 aromatic heterocycles. The standard InChI is InChI=1S/C16H24BN3O3/c1-15(2)16(3,4)23-17(22-15)11-7-18-14(19-8-11)20-12-5-6-13(20)10-21-9-12/h7-8,12-13H,5-6,9-10H2,1-4H3/t12-,13+. The van der Waals surface area contributed by atoms with Crippen LogP contribution in [0.1, 0.15) is 40.5 Å². The highest BCUT2D eigenvalue weighted by atomic mass is 16.7. The third kappa shape index (κ3) is 2.46. The van der Waals surface area contributed by atoms with Crippen molar-refractivity contribution in [2.24, 2.45) is 0 Å². The monoisotopic (exact) mass is 317 g/mol. The fourth-order valence-corrected chi connectivity index (χ4v) is 3.52. The lowest BCUT2D eigenvalue weighted by Crippen LogP contribution is -2.47. The molecule has 0 saturated carbocycles. The maximum absolute atomic E-state index is 6.05. The van der Waals surface area contributed by atoms with Gasteiger partial charge in [0, 0.05) is 17.9 Å². The first kappa shape index (κ1) is 15.4. The third-order valence-electron chi connectivity index (χ3n) is 5.65. The van der Waals surface area contributed by atoms with E-state index < -0.39 is 7.12 Å². The molecule has 2 atom stereocenters. The quantitative estimate of drug-likeness (QED) is 0.763. The Morgan fingerprint density at radius 2 is 1.52 bits per heavy atom. The molecule has 0 aliphatic carbocycles. The van der Waals surface area contributed by atoms with E-state index in [4.69, 9.17) is 14.0 Å². The lowest BCUT2D eigenvalue weighted by atomic mass is 9.81. The molecule has 124 valence electrons. The molecule has 3 fully saturated rings. The van der Waals surface area contributed by atoms with Gasteiger partial charge in [-0.2, -0.15) is 0 Å². The maximum atomic E-state index is 6.05. The van der Waals surface area contributed by atoms with Crippen molar-refractivity contribution in [3.05, 3.63) is 12.4 Å². The van der Waals surface area contributed by atoms with Crippen molar-refractivity contribution >= 4 is 18.5 Å². The molecule has 1 aromatic rings. The van der Waals surface area contributed by atoms with Gasteiger partial charge in [0.15, 0.2) is 0 Å². The average molecular weight is 317 g/mol. The van der Waals surface area contributed by atoms with E-state index >= 15 is 0 Å². The van der Waals surface area contributed by atoms with E-state index in [-0.39, 0.29) is 11.2 Å². The minimum absolute atomic E-state index is 0.348. The minimum atomic E-state index is -0.407. The van der Waals surface area contributed by atoms with Crippen molar-refractivity contribution in [1.82, 2.24) is 9.97 Å². The number of anilines is 1. The minimum Gasteiger partial charge on any atom is -0.399 e. The zero-order valence-electron chi connectivity index (χ0n) is 14.3. The summed E-state index contributed by atoms with van der Waals surface area (Å²) < 4.78 is 17.7. The van der Waals surface area contributed by atoms with Crippen LogP contribution in [-0.4, -0.2) is 53.6 Å². The topological polar surface area (TPSA) is 56.7 Å². The molecule has 3 aliphatic heterocycles. The number of aromatic nitrogens is 2. The van der Waals surface area contributed by atoms with Gasteiger partial charge < -0.3 is 18.9 Å².